The Hall–Kier alpha value is -1.10. The summed E-state index contributed by atoms with van der Waals surface area (Å²) in [7, 11) is 0. The highest BCUT2D eigenvalue weighted by Crippen LogP contribution is 2.29. The predicted molar refractivity (Wildman–Crippen MR) is 71.3 cm³/mol. The minimum Gasteiger partial charge on any atom is -0.408 e. The number of nitrogens with zero attached hydrogens (tertiary/aromatic N) is 2. The standard InChI is InChI=1S/C13H24N4O/c1-2-11(10-6-4-3-5-7-10)15-13-17-16-12(18-13)8-9-14/h10-11H,2-9,14H2,1H3,(H,15,17). The quantitative estimate of drug-likeness (QED) is 0.812. The van der Waals surface area contributed by atoms with Gasteiger partial charge in [0, 0.05) is 19.0 Å². The minimum atomic E-state index is 0.455. The monoisotopic (exact) mass is 252 g/mol. The Kier molecular flexibility index (Phi) is 4.99. The first-order valence-electron chi connectivity index (χ1n) is 7.12. The fourth-order valence-corrected chi connectivity index (χ4v) is 2.78. The van der Waals surface area contributed by atoms with Crippen LogP contribution in [-0.4, -0.2) is 22.8 Å². The molecule has 1 aromatic rings. The molecule has 1 unspecified atom stereocenters. The molecule has 1 fully saturated rings. The Morgan fingerprint density at radius 3 is 2.78 bits per heavy atom. The molecule has 0 aliphatic heterocycles. The molecule has 3 N–H and O–H groups in total. The number of aromatic nitrogens is 2. The van der Waals surface area contributed by atoms with Crippen LogP contribution in [0.2, 0.25) is 0 Å². The second kappa shape index (κ2) is 6.73. The summed E-state index contributed by atoms with van der Waals surface area (Å²) in [4.78, 5) is 0. The number of hydrogen-bond donors (Lipinski definition) is 2. The maximum atomic E-state index is 5.53. The average molecular weight is 252 g/mol. The lowest BCUT2D eigenvalue weighted by Crippen LogP contribution is -2.30. The molecule has 5 heteroatoms. The van der Waals surface area contributed by atoms with Gasteiger partial charge in [-0.2, -0.15) is 0 Å². The zero-order chi connectivity index (χ0) is 12.8. The molecule has 0 spiro atoms. The first kappa shape index (κ1) is 13.3. The normalized spacial score (nSPS) is 18.8. The molecule has 0 amide bonds. The van der Waals surface area contributed by atoms with Gasteiger partial charge in [0.05, 0.1) is 0 Å². The average Bonchev–Trinajstić information content (AvgIpc) is 2.85. The number of rotatable bonds is 6. The molecular weight excluding hydrogens is 228 g/mol. The number of hydrogen-bond acceptors (Lipinski definition) is 5. The van der Waals surface area contributed by atoms with Crippen LogP contribution in [0.15, 0.2) is 4.42 Å². The van der Waals surface area contributed by atoms with Crippen molar-refractivity contribution in [2.24, 2.45) is 11.7 Å². The molecule has 1 aliphatic rings. The van der Waals surface area contributed by atoms with Gasteiger partial charge in [0.25, 0.3) is 0 Å². The first-order chi connectivity index (χ1) is 8.83. The third-order valence-corrected chi connectivity index (χ3v) is 3.79. The van der Waals surface area contributed by atoms with E-state index in [1.165, 1.54) is 32.1 Å². The molecular formula is C13H24N4O. The van der Waals surface area contributed by atoms with Crippen molar-refractivity contribution in [3.8, 4) is 0 Å². The van der Waals surface area contributed by atoms with E-state index in [-0.39, 0.29) is 0 Å². The second-order valence-electron chi connectivity index (χ2n) is 5.10. The van der Waals surface area contributed by atoms with Gasteiger partial charge in [-0.1, -0.05) is 31.3 Å². The first-order valence-corrected chi connectivity index (χ1v) is 7.12. The highest BCUT2D eigenvalue weighted by atomic mass is 16.4. The Balaban J connectivity index is 1.91. The van der Waals surface area contributed by atoms with Gasteiger partial charge in [-0.05, 0) is 25.2 Å². The van der Waals surface area contributed by atoms with Crippen molar-refractivity contribution in [3.63, 3.8) is 0 Å². The predicted octanol–water partition coefficient (Wildman–Crippen LogP) is 2.34. The van der Waals surface area contributed by atoms with Crippen LogP contribution in [0.1, 0.15) is 51.3 Å². The van der Waals surface area contributed by atoms with Crippen molar-refractivity contribution in [1.29, 1.82) is 0 Å². The van der Waals surface area contributed by atoms with Gasteiger partial charge in [0.2, 0.25) is 5.89 Å². The van der Waals surface area contributed by atoms with Gasteiger partial charge in [-0.15, -0.1) is 5.10 Å². The Labute approximate surface area is 109 Å². The van der Waals surface area contributed by atoms with Crippen LogP contribution in [0.5, 0.6) is 0 Å². The second-order valence-corrected chi connectivity index (χ2v) is 5.10. The molecule has 2 rings (SSSR count). The molecule has 0 aromatic carbocycles. The van der Waals surface area contributed by atoms with Crippen molar-refractivity contribution < 1.29 is 4.42 Å². The topological polar surface area (TPSA) is 77.0 Å². The molecule has 0 saturated heterocycles. The summed E-state index contributed by atoms with van der Waals surface area (Å²) in [5.41, 5.74) is 5.47. The number of nitrogens with two attached hydrogens (primary N) is 1. The van der Waals surface area contributed by atoms with E-state index >= 15 is 0 Å². The molecule has 102 valence electrons. The Morgan fingerprint density at radius 2 is 2.11 bits per heavy atom. The van der Waals surface area contributed by atoms with Crippen LogP contribution in [0.3, 0.4) is 0 Å². The van der Waals surface area contributed by atoms with Gasteiger partial charge >= 0.3 is 6.01 Å². The molecule has 1 aromatic heterocycles. The lowest BCUT2D eigenvalue weighted by atomic mass is 9.83. The molecule has 0 bridgehead atoms. The fraction of sp³-hybridized carbons (Fsp3) is 0.846. The molecule has 1 saturated carbocycles. The summed E-state index contributed by atoms with van der Waals surface area (Å²) in [6.07, 6.45) is 8.46. The lowest BCUT2D eigenvalue weighted by molar-refractivity contribution is 0.308. The maximum absolute atomic E-state index is 5.53. The van der Waals surface area contributed by atoms with Gasteiger partial charge < -0.3 is 15.5 Å². The van der Waals surface area contributed by atoms with E-state index < -0.39 is 0 Å². The zero-order valence-corrected chi connectivity index (χ0v) is 11.2. The van der Waals surface area contributed by atoms with Crippen LogP contribution >= 0.6 is 0 Å². The highest BCUT2D eigenvalue weighted by molar-refractivity contribution is 5.20. The van der Waals surface area contributed by atoms with Crippen molar-refractivity contribution >= 4 is 6.01 Å². The molecule has 1 heterocycles. The van der Waals surface area contributed by atoms with Crippen LogP contribution in [0.25, 0.3) is 0 Å². The van der Waals surface area contributed by atoms with Crippen LogP contribution in [0.4, 0.5) is 6.01 Å². The van der Waals surface area contributed by atoms with Crippen LogP contribution in [0, 0.1) is 5.92 Å². The number of anilines is 1. The van der Waals surface area contributed by atoms with Crippen molar-refractivity contribution in [2.75, 3.05) is 11.9 Å². The summed E-state index contributed by atoms with van der Waals surface area (Å²) >= 11 is 0. The highest BCUT2D eigenvalue weighted by Gasteiger charge is 2.23. The maximum Gasteiger partial charge on any atom is 0.315 e. The van der Waals surface area contributed by atoms with Crippen LogP contribution < -0.4 is 11.1 Å². The van der Waals surface area contributed by atoms with Gasteiger partial charge in [0.15, 0.2) is 0 Å². The smallest absolute Gasteiger partial charge is 0.315 e. The SMILES string of the molecule is CCC(Nc1nnc(CCN)o1)C1CCCCC1. The fourth-order valence-electron chi connectivity index (χ4n) is 2.78. The van der Waals surface area contributed by atoms with Crippen molar-refractivity contribution in [3.05, 3.63) is 5.89 Å². The van der Waals surface area contributed by atoms with E-state index in [1.54, 1.807) is 0 Å². The Bertz CT molecular complexity index is 347. The molecule has 18 heavy (non-hydrogen) atoms. The van der Waals surface area contributed by atoms with Crippen LogP contribution in [-0.2, 0) is 6.42 Å². The molecule has 0 radical (unpaired) electrons. The summed E-state index contributed by atoms with van der Waals surface area (Å²) in [5.74, 6) is 1.37. The summed E-state index contributed by atoms with van der Waals surface area (Å²) in [6, 6.07) is 1.01. The zero-order valence-electron chi connectivity index (χ0n) is 11.2. The third kappa shape index (κ3) is 3.45. The van der Waals surface area contributed by atoms with E-state index in [1.807, 2.05) is 0 Å². The minimum absolute atomic E-state index is 0.455. The van der Waals surface area contributed by atoms with Gasteiger partial charge in [-0.3, -0.25) is 0 Å². The molecule has 5 nitrogen and oxygen atoms in total. The van der Waals surface area contributed by atoms with E-state index in [4.69, 9.17) is 10.2 Å². The lowest BCUT2D eigenvalue weighted by Gasteiger charge is -2.29. The van der Waals surface area contributed by atoms with Gasteiger partial charge in [-0.25, -0.2) is 0 Å². The third-order valence-electron chi connectivity index (χ3n) is 3.79. The van der Waals surface area contributed by atoms with E-state index in [0.29, 0.717) is 30.9 Å². The largest absolute Gasteiger partial charge is 0.408 e. The Morgan fingerprint density at radius 1 is 1.33 bits per heavy atom. The number of nitrogens with one attached hydrogen (secondary N) is 1. The summed E-state index contributed by atoms with van der Waals surface area (Å²) in [5, 5.41) is 11.4. The van der Waals surface area contributed by atoms with Crippen molar-refractivity contribution in [2.45, 2.75) is 57.9 Å². The van der Waals surface area contributed by atoms with Crippen molar-refractivity contribution in [1.82, 2.24) is 10.2 Å². The van der Waals surface area contributed by atoms with E-state index in [0.717, 1.165) is 12.3 Å². The van der Waals surface area contributed by atoms with Gasteiger partial charge in [0.1, 0.15) is 0 Å². The summed E-state index contributed by atoms with van der Waals surface area (Å²) in [6.45, 7) is 2.75. The summed E-state index contributed by atoms with van der Waals surface area (Å²) < 4.78 is 5.53. The molecule has 1 aliphatic carbocycles. The van der Waals surface area contributed by atoms with E-state index in [9.17, 15) is 0 Å². The molecule has 1 atom stereocenters. The van der Waals surface area contributed by atoms with E-state index in [2.05, 4.69) is 22.4 Å².